The molecular weight excluding hydrogens is 676 g/mol. The molecule has 214 valence electrons. The fraction of sp³-hybridized carbons (Fsp3) is 0.727. The van der Waals surface area contributed by atoms with Crippen molar-refractivity contribution in [3.05, 3.63) is 30.7 Å². The Labute approximate surface area is 244 Å². The average Bonchev–Trinajstić information content (AvgIpc) is 2.97. The molecule has 0 atom stereocenters. The van der Waals surface area contributed by atoms with E-state index in [0.717, 1.165) is 0 Å². The maximum atomic E-state index is 5.38. The summed E-state index contributed by atoms with van der Waals surface area (Å²) < 4.78 is 11.8. The number of pyridine rings is 1. The van der Waals surface area contributed by atoms with Crippen LogP contribution in [-0.4, -0.2) is 51.7 Å². The number of aromatic nitrogens is 3. The number of rotatable bonds is 21. The van der Waals surface area contributed by atoms with Crippen LogP contribution >= 0.6 is 0 Å². The second kappa shape index (κ2) is 19.0. The van der Waals surface area contributed by atoms with Crippen molar-refractivity contribution >= 4 is 44.2 Å². The van der Waals surface area contributed by atoms with E-state index < -0.39 is 36.8 Å². The molecular formula is C33H59N3Sn2. The first-order chi connectivity index (χ1) is 18.6. The van der Waals surface area contributed by atoms with E-state index >= 15 is 0 Å². The zero-order valence-corrected chi connectivity index (χ0v) is 31.7. The van der Waals surface area contributed by atoms with Crippen LogP contribution in [0.15, 0.2) is 30.7 Å². The number of nitrogens with zero attached hydrogens (tertiary/aromatic N) is 3. The standard InChI is InChI=1S/C9H5N3.6C4H9.2Sn/c1-2-4-12-9(3-1)8-5-10-7-11-6-8;6*1-3-4-2;;/h1-4,7H;6*1,3-4H2,2H3;;. The van der Waals surface area contributed by atoms with Crippen LogP contribution in [0.2, 0.25) is 26.6 Å². The van der Waals surface area contributed by atoms with Crippen LogP contribution in [0.5, 0.6) is 0 Å². The van der Waals surface area contributed by atoms with Gasteiger partial charge >= 0.3 is 246 Å². The molecule has 5 heteroatoms. The van der Waals surface area contributed by atoms with Crippen LogP contribution in [0, 0.1) is 0 Å². The summed E-state index contributed by atoms with van der Waals surface area (Å²) in [5, 5.41) is 0. The van der Waals surface area contributed by atoms with Gasteiger partial charge in [-0.3, -0.25) is 0 Å². The molecule has 0 N–H and O–H groups in total. The third-order valence-corrected chi connectivity index (χ3v) is 39.2. The Kier molecular flexibility index (Phi) is 17.1. The minimum atomic E-state index is -2.82. The van der Waals surface area contributed by atoms with Gasteiger partial charge in [0, 0.05) is 0 Å². The molecule has 0 bridgehead atoms. The van der Waals surface area contributed by atoms with Gasteiger partial charge in [0.2, 0.25) is 0 Å². The first-order valence-electron chi connectivity index (χ1n) is 16.3. The van der Waals surface area contributed by atoms with Gasteiger partial charge in [0.25, 0.3) is 0 Å². The summed E-state index contributed by atoms with van der Waals surface area (Å²) in [6.07, 6.45) is 20.0. The summed E-state index contributed by atoms with van der Waals surface area (Å²) in [5.41, 5.74) is 2.67. The molecule has 0 aliphatic carbocycles. The molecule has 0 aromatic carbocycles. The molecule has 2 aromatic rings. The van der Waals surface area contributed by atoms with E-state index in [-0.39, 0.29) is 0 Å². The SMILES string of the molecule is CCC[CH2][Sn]([CH2]CCC)([CH2]CCC)[c]1ncn[c]([Sn]([CH2]CCC)([CH2]CCC)[CH2]CCC)c1-c1ccccn1. The van der Waals surface area contributed by atoms with Crippen LogP contribution in [0.1, 0.15) is 119 Å². The second-order valence-corrected chi connectivity index (χ2v) is 37.7. The maximum absolute atomic E-state index is 5.38. The normalized spacial score (nSPS) is 12.3. The van der Waals surface area contributed by atoms with Gasteiger partial charge in [-0.15, -0.1) is 0 Å². The molecule has 0 saturated carbocycles. The Morgan fingerprint density at radius 3 is 1.16 bits per heavy atom. The van der Waals surface area contributed by atoms with Crippen molar-refractivity contribution in [2.45, 2.75) is 145 Å². The fourth-order valence-electron chi connectivity index (χ4n) is 6.49. The zero-order valence-electron chi connectivity index (χ0n) is 26.0. The van der Waals surface area contributed by atoms with E-state index in [1.807, 2.05) is 12.5 Å². The Bertz CT molecular complexity index is 793. The van der Waals surface area contributed by atoms with Crippen molar-refractivity contribution in [1.82, 2.24) is 15.0 Å². The van der Waals surface area contributed by atoms with Crippen molar-refractivity contribution in [1.29, 1.82) is 0 Å². The van der Waals surface area contributed by atoms with Gasteiger partial charge in [-0.05, 0) is 0 Å². The van der Waals surface area contributed by atoms with Gasteiger partial charge in [0.1, 0.15) is 0 Å². The zero-order chi connectivity index (χ0) is 27.7. The summed E-state index contributed by atoms with van der Waals surface area (Å²) in [6, 6.07) is 6.57. The van der Waals surface area contributed by atoms with Gasteiger partial charge in [-0.25, -0.2) is 0 Å². The molecule has 0 amide bonds. The van der Waals surface area contributed by atoms with E-state index in [4.69, 9.17) is 15.0 Å². The monoisotopic (exact) mass is 737 g/mol. The van der Waals surface area contributed by atoms with E-state index in [9.17, 15) is 0 Å². The second-order valence-electron chi connectivity index (χ2n) is 11.8. The molecule has 3 nitrogen and oxygen atoms in total. The Morgan fingerprint density at radius 1 is 0.500 bits per heavy atom. The predicted molar refractivity (Wildman–Crippen MR) is 174 cm³/mol. The molecule has 0 saturated heterocycles. The minimum absolute atomic E-state index is 1.19. The number of unbranched alkanes of at least 4 members (excludes halogenated alkanes) is 6. The molecule has 0 fully saturated rings. The molecule has 2 rings (SSSR count). The van der Waals surface area contributed by atoms with Crippen LogP contribution in [0.4, 0.5) is 0 Å². The summed E-state index contributed by atoms with van der Waals surface area (Å²) in [5.74, 6) is 0. The summed E-state index contributed by atoms with van der Waals surface area (Å²) >= 11 is -5.65. The molecule has 0 radical (unpaired) electrons. The average molecular weight is 735 g/mol. The predicted octanol–water partition coefficient (Wildman–Crippen LogP) is 9.65. The third-order valence-electron chi connectivity index (χ3n) is 8.83. The van der Waals surface area contributed by atoms with Gasteiger partial charge in [0.15, 0.2) is 0 Å². The topological polar surface area (TPSA) is 38.7 Å². The van der Waals surface area contributed by atoms with Crippen molar-refractivity contribution in [2.75, 3.05) is 0 Å². The summed E-state index contributed by atoms with van der Waals surface area (Å²) in [4.78, 5) is 15.8. The van der Waals surface area contributed by atoms with E-state index in [1.54, 1.807) is 7.42 Å². The molecule has 0 unspecified atom stereocenters. The third kappa shape index (κ3) is 9.45. The van der Waals surface area contributed by atoms with E-state index in [2.05, 4.69) is 59.7 Å². The summed E-state index contributed by atoms with van der Waals surface area (Å²) in [7, 11) is 0. The van der Waals surface area contributed by atoms with Crippen molar-refractivity contribution in [3.63, 3.8) is 0 Å². The van der Waals surface area contributed by atoms with Gasteiger partial charge in [0.05, 0.1) is 0 Å². The van der Waals surface area contributed by atoms with Crippen LogP contribution in [-0.2, 0) is 0 Å². The van der Waals surface area contributed by atoms with Crippen LogP contribution in [0.25, 0.3) is 11.3 Å². The Hall–Kier alpha value is -0.173. The quantitative estimate of drug-likeness (QED) is 0.120. The molecule has 0 spiro atoms. The van der Waals surface area contributed by atoms with E-state index in [1.165, 1.54) is 115 Å². The molecule has 0 aliphatic heterocycles. The number of hydrogen-bond acceptors (Lipinski definition) is 3. The molecule has 38 heavy (non-hydrogen) atoms. The van der Waals surface area contributed by atoms with E-state index in [0.29, 0.717) is 0 Å². The molecule has 2 aromatic heterocycles. The first-order valence-corrected chi connectivity index (χ1v) is 31.3. The van der Waals surface area contributed by atoms with Crippen molar-refractivity contribution in [3.8, 4) is 11.3 Å². The molecule has 0 aliphatic rings. The fourth-order valence-corrected chi connectivity index (χ4v) is 39.8. The Balaban J connectivity index is 2.93. The number of hydrogen-bond donors (Lipinski definition) is 0. The molecule has 2 heterocycles. The van der Waals surface area contributed by atoms with Crippen LogP contribution in [0.3, 0.4) is 0 Å². The Morgan fingerprint density at radius 2 is 0.868 bits per heavy atom. The summed E-state index contributed by atoms with van der Waals surface area (Å²) in [6.45, 7) is 14.3. The first kappa shape index (κ1) is 34.0. The van der Waals surface area contributed by atoms with Gasteiger partial charge in [-0.2, -0.15) is 0 Å². The van der Waals surface area contributed by atoms with Crippen molar-refractivity contribution in [2.24, 2.45) is 0 Å². The van der Waals surface area contributed by atoms with Crippen LogP contribution < -0.4 is 7.42 Å². The van der Waals surface area contributed by atoms with Gasteiger partial charge in [-0.1, -0.05) is 0 Å². The van der Waals surface area contributed by atoms with Crippen molar-refractivity contribution < 1.29 is 0 Å². The van der Waals surface area contributed by atoms with Gasteiger partial charge < -0.3 is 0 Å².